The van der Waals surface area contributed by atoms with Crippen LogP contribution in [0.5, 0.6) is 11.5 Å². The zero-order valence-corrected chi connectivity index (χ0v) is 18.2. The first-order chi connectivity index (χ1) is 15.6. The lowest BCUT2D eigenvalue weighted by molar-refractivity contribution is 0.100. The van der Waals surface area contributed by atoms with Crippen LogP contribution in [0.15, 0.2) is 73.2 Å². The number of benzene rings is 2. The first-order valence-corrected chi connectivity index (χ1v) is 10.4. The van der Waals surface area contributed by atoms with Crippen molar-refractivity contribution in [1.29, 1.82) is 0 Å². The van der Waals surface area contributed by atoms with Gasteiger partial charge in [-0.15, -0.1) is 0 Å². The van der Waals surface area contributed by atoms with Gasteiger partial charge in [0.15, 0.2) is 13.5 Å². The number of ether oxygens (including phenoxy) is 2. The molecule has 164 valence electrons. The van der Waals surface area contributed by atoms with E-state index < -0.39 is 0 Å². The normalized spacial score (nSPS) is 10.7. The summed E-state index contributed by atoms with van der Waals surface area (Å²) in [5.41, 5.74) is 2.16. The number of rotatable bonds is 9. The van der Waals surface area contributed by atoms with Crippen molar-refractivity contribution in [1.82, 2.24) is 19.6 Å². The molecule has 2 aromatic carbocycles. The Kier molecular flexibility index (Phi) is 6.72. The maximum Gasteiger partial charge on any atom is 0.274 e. The van der Waals surface area contributed by atoms with Gasteiger partial charge >= 0.3 is 0 Å². The predicted molar refractivity (Wildman–Crippen MR) is 121 cm³/mol. The number of aryl methyl sites for hydroxylation is 1. The summed E-state index contributed by atoms with van der Waals surface area (Å²) in [7, 11) is 0. The summed E-state index contributed by atoms with van der Waals surface area (Å²) in [6.45, 7) is 2.42. The molecule has 0 bridgehead atoms. The van der Waals surface area contributed by atoms with Crippen molar-refractivity contribution in [3.63, 3.8) is 0 Å². The molecule has 1 N–H and O–H groups in total. The highest BCUT2D eigenvalue weighted by Gasteiger charge is 2.14. The monoisotopic (exact) mass is 451 g/mol. The van der Waals surface area contributed by atoms with Crippen LogP contribution in [0.3, 0.4) is 0 Å². The number of halogens is 1. The van der Waals surface area contributed by atoms with E-state index in [0.29, 0.717) is 22.2 Å². The number of hydrogen-bond acceptors (Lipinski definition) is 5. The molecule has 0 aliphatic carbocycles. The number of nitrogens with one attached hydrogen (secondary N) is 1. The lowest BCUT2D eigenvalue weighted by atomic mass is 10.2. The maximum atomic E-state index is 12.7. The first kappa shape index (κ1) is 21.5. The molecule has 9 heteroatoms. The lowest BCUT2D eigenvalue weighted by Gasteiger charge is -2.09. The van der Waals surface area contributed by atoms with Gasteiger partial charge in [0.05, 0.1) is 18.1 Å². The van der Waals surface area contributed by atoms with Gasteiger partial charge in [-0.3, -0.25) is 4.79 Å². The maximum absolute atomic E-state index is 12.7. The van der Waals surface area contributed by atoms with Gasteiger partial charge in [-0.25, -0.2) is 9.36 Å². The minimum atomic E-state index is -0.321. The molecule has 1 amide bonds. The summed E-state index contributed by atoms with van der Waals surface area (Å²) in [6.07, 6.45) is 5.78. The van der Waals surface area contributed by atoms with Crippen molar-refractivity contribution in [2.75, 3.05) is 5.32 Å². The van der Waals surface area contributed by atoms with Crippen molar-refractivity contribution < 1.29 is 14.3 Å². The number of carbonyl (C=O) groups excluding carboxylic acids is 1. The molecule has 4 rings (SSSR count). The summed E-state index contributed by atoms with van der Waals surface area (Å²) < 4.78 is 14.5. The van der Waals surface area contributed by atoms with Crippen LogP contribution in [0.25, 0.3) is 0 Å². The molecule has 0 saturated heterocycles. The number of amides is 1. The van der Waals surface area contributed by atoms with E-state index in [1.807, 2.05) is 24.3 Å². The number of anilines is 1. The molecule has 0 atom stereocenters. The minimum absolute atomic E-state index is 0.0846. The van der Waals surface area contributed by atoms with Crippen molar-refractivity contribution in [3.8, 4) is 11.5 Å². The quantitative estimate of drug-likeness (QED) is 0.401. The molecule has 4 aromatic rings. The number of hydrogen-bond donors (Lipinski definition) is 1. The van der Waals surface area contributed by atoms with Crippen LogP contribution in [0.1, 0.15) is 23.0 Å². The summed E-state index contributed by atoms with van der Waals surface area (Å²) in [6, 6.07) is 16.5. The molecule has 2 heterocycles. The highest BCUT2D eigenvalue weighted by molar-refractivity contribution is 6.30. The van der Waals surface area contributed by atoms with E-state index in [1.165, 1.54) is 10.2 Å². The Balaban J connectivity index is 1.32. The van der Waals surface area contributed by atoms with Crippen LogP contribution in [0, 0.1) is 0 Å². The summed E-state index contributed by atoms with van der Waals surface area (Å²) in [5.74, 6) is 1.06. The fraction of sp³-hybridized carbons (Fsp3) is 0.174. The summed E-state index contributed by atoms with van der Waals surface area (Å²) >= 11 is 5.88. The number of carbonyl (C=O) groups is 1. The van der Waals surface area contributed by atoms with Gasteiger partial charge in [0.2, 0.25) is 0 Å². The molecule has 0 saturated carbocycles. The zero-order chi connectivity index (χ0) is 22.3. The highest BCUT2D eigenvalue weighted by Crippen LogP contribution is 2.17. The van der Waals surface area contributed by atoms with Gasteiger partial charge in [-0.1, -0.05) is 30.7 Å². The van der Waals surface area contributed by atoms with Gasteiger partial charge in [-0.05, 0) is 54.4 Å². The van der Waals surface area contributed by atoms with E-state index in [9.17, 15) is 4.79 Å². The SMILES string of the molecule is CCc1ccc(OCn2cc(NC(=O)c3ccnn3COc3ccc(Cl)cc3)cn2)cc1. The van der Waals surface area contributed by atoms with Crippen molar-refractivity contribution >= 4 is 23.2 Å². The number of aromatic nitrogens is 4. The average Bonchev–Trinajstić information content (AvgIpc) is 3.47. The largest absolute Gasteiger partial charge is 0.471 e. The molecule has 0 fully saturated rings. The third-order valence-electron chi connectivity index (χ3n) is 4.70. The molecule has 0 unspecified atom stereocenters. The van der Waals surface area contributed by atoms with Crippen LogP contribution in [0.2, 0.25) is 5.02 Å². The second-order valence-electron chi connectivity index (χ2n) is 6.94. The molecule has 0 spiro atoms. The summed E-state index contributed by atoms with van der Waals surface area (Å²) in [5, 5.41) is 11.8. The van der Waals surface area contributed by atoms with Crippen LogP contribution in [0.4, 0.5) is 5.69 Å². The molecular weight excluding hydrogens is 430 g/mol. The van der Waals surface area contributed by atoms with E-state index in [4.69, 9.17) is 21.1 Å². The molecule has 0 aliphatic rings. The van der Waals surface area contributed by atoms with E-state index in [1.54, 1.807) is 53.6 Å². The van der Waals surface area contributed by atoms with Crippen molar-refractivity contribution in [2.45, 2.75) is 26.8 Å². The van der Waals surface area contributed by atoms with E-state index in [0.717, 1.165) is 12.2 Å². The average molecular weight is 452 g/mol. The zero-order valence-electron chi connectivity index (χ0n) is 17.4. The molecule has 8 nitrogen and oxygen atoms in total. The topological polar surface area (TPSA) is 83.2 Å². The van der Waals surface area contributed by atoms with E-state index in [-0.39, 0.29) is 19.4 Å². The molecular formula is C23H22ClN5O3. The molecule has 0 aliphatic heterocycles. The highest BCUT2D eigenvalue weighted by atomic mass is 35.5. The Labute approximate surface area is 190 Å². The minimum Gasteiger partial charge on any atom is -0.471 e. The molecule has 0 radical (unpaired) electrons. The number of nitrogens with zero attached hydrogens (tertiary/aromatic N) is 4. The van der Waals surface area contributed by atoms with Gasteiger partial charge in [0, 0.05) is 11.2 Å². The Morgan fingerprint density at radius 1 is 0.969 bits per heavy atom. The van der Waals surface area contributed by atoms with Crippen LogP contribution in [-0.2, 0) is 19.9 Å². The second kappa shape index (κ2) is 10.0. The van der Waals surface area contributed by atoms with Crippen molar-refractivity contribution in [2.24, 2.45) is 0 Å². The molecule has 32 heavy (non-hydrogen) atoms. The van der Waals surface area contributed by atoms with E-state index >= 15 is 0 Å². The Morgan fingerprint density at radius 3 is 2.38 bits per heavy atom. The van der Waals surface area contributed by atoms with Crippen molar-refractivity contribution in [3.05, 3.63) is 89.5 Å². The van der Waals surface area contributed by atoms with Gasteiger partial charge < -0.3 is 14.8 Å². The third-order valence-corrected chi connectivity index (χ3v) is 4.95. The van der Waals surface area contributed by atoms with Gasteiger partial charge in [0.25, 0.3) is 5.91 Å². The van der Waals surface area contributed by atoms with Crippen LogP contribution >= 0.6 is 11.6 Å². The fourth-order valence-corrected chi connectivity index (χ4v) is 3.08. The second-order valence-corrected chi connectivity index (χ2v) is 7.37. The van der Waals surface area contributed by atoms with Crippen LogP contribution < -0.4 is 14.8 Å². The standard InChI is InChI=1S/C23H22ClN5O3/c1-2-17-3-7-20(8-4-17)31-15-28-14-19(13-26-28)27-23(30)22-11-12-25-29(22)16-32-21-9-5-18(24)6-10-21/h3-14H,2,15-16H2,1H3,(H,27,30). The Bertz CT molecular complexity index is 1170. The smallest absolute Gasteiger partial charge is 0.274 e. The Hall–Kier alpha value is -3.78. The molecule has 2 aromatic heterocycles. The van der Waals surface area contributed by atoms with Gasteiger partial charge in [0.1, 0.15) is 17.2 Å². The Morgan fingerprint density at radius 2 is 1.66 bits per heavy atom. The van der Waals surface area contributed by atoms with E-state index in [2.05, 4.69) is 22.4 Å². The lowest BCUT2D eigenvalue weighted by Crippen LogP contribution is -2.19. The third kappa shape index (κ3) is 5.47. The first-order valence-electron chi connectivity index (χ1n) is 10.1. The fourth-order valence-electron chi connectivity index (χ4n) is 2.95. The predicted octanol–water partition coefficient (Wildman–Crippen LogP) is 4.62. The van der Waals surface area contributed by atoms with Crippen LogP contribution in [-0.4, -0.2) is 25.5 Å². The van der Waals surface area contributed by atoms with Gasteiger partial charge in [-0.2, -0.15) is 10.2 Å². The summed E-state index contributed by atoms with van der Waals surface area (Å²) in [4.78, 5) is 12.7.